The van der Waals surface area contributed by atoms with E-state index in [2.05, 4.69) is 11.4 Å². The molecule has 0 bridgehead atoms. The molecular weight excluding hydrogens is 354 g/mol. The minimum absolute atomic E-state index is 0.305. The van der Waals surface area contributed by atoms with Gasteiger partial charge in [0.2, 0.25) is 5.91 Å². The SMILES string of the molecule is COc1ccc2c(C#N)c(-c3ccc(NC(=O)/C=C/C=C\O)cc3)n(C)c2c1. The van der Waals surface area contributed by atoms with Crippen LogP contribution >= 0.6 is 0 Å². The predicted molar refractivity (Wildman–Crippen MR) is 109 cm³/mol. The number of allylic oxidation sites excluding steroid dienone is 2. The third-order valence-corrected chi connectivity index (χ3v) is 4.39. The maximum absolute atomic E-state index is 11.8. The Bertz CT molecular complexity index is 1120. The Kier molecular flexibility index (Phi) is 5.47. The Balaban J connectivity index is 1.96. The first-order valence-electron chi connectivity index (χ1n) is 8.54. The van der Waals surface area contributed by atoms with Crippen molar-refractivity contribution in [2.24, 2.45) is 7.05 Å². The molecule has 6 heteroatoms. The number of rotatable bonds is 5. The monoisotopic (exact) mass is 373 g/mol. The molecule has 2 aromatic carbocycles. The van der Waals surface area contributed by atoms with Crippen molar-refractivity contribution in [3.8, 4) is 23.1 Å². The Hall–Kier alpha value is -3.98. The Morgan fingerprint density at radius 3 is 2.61 bits per heavy atom. The van der Waals surface area contributed by atoms with Crippen molar-refractivity contribution in [3.05, 3.63) is 72.5 Å². The number of amides is 1. The molecule has 28 heavy (non-hydrogen) atoms. The van der Waals surface area contributed by atoms with Gasteiger partial charge in [-0.15, -0.1) is 0 Å². The summed E-state index contributed by atoms with van der Waals surface area (Å²) in [4.78, 5) is 11.8. The van der Waals surface area contributed by atoms with Gasteiger partial charge in [-0.2, -0.15) is 5.26 Å². The smallest absolute Gasteiger partial charge is 0.248 e. The molecule has 3 aromatic rings. The molecule has 6 nitrogen and oxygen atoms in total. The third kappa shape index (κ3) is 3.60. The molecule has 1 amide bonds. The van der Waals surface area contributed by atoms with Gasteiger partial charge in [-0.3, -0.25) is 4.79 Å². The zero-order valence-electron chi connectivity index (χ0n) is 15.5. The van der Waals surface area contributed by atoms with Crippen molar-refractivity contribution in [2.75, 3.05) is 12.4 Å². The molecule has 0 aliphatic carbocycles. The highest BCUT2D eigenvalue weighted by atomic mass is 16.5. The van der Waals surface area contributed by atoms with E-state index in [0.29, 0.717) is 11.3 Å². The number of carbonyl (C=O) groups excluding carboxylic acids is 1. The second kappa shape index (κ2) is 8.14. The highest BCUT2D eigenvalue weighted by Crippen LogP contribution is 2.34. The Morgan fingerprint density at radius 1 is 1.21 bits per heavy atom. The van der Waals surface area contributed by atoms with Gasteiger partial charge in [-0.05, 0) is 35.9 Å². The number of benzene rings is 2. The minimum atomic E-state index is -0.305. The molecule has 1 aromatic heterocycles. The molecule has 0 aliphatic heterocycles. The van der Waals surface area contributed by atoms with E-state index in [0.717, 1.165) is 34.2 Å². The summed E-state index contributed by atoms with van der Waals surface area (Å²) in [5, 5.41) is 21.9. The number of carbonyl (C=O) groups is 1. The number of nitrogens with one attached hydrogen (secondary N) is 1. The van der Waals surface area contributed by atoms with Crippen LogP contribution in [0.4, 0.5) is 5.69 Å². The summed E-state index contributed by atoms with van der Waals surface area (Å²) in [6.45, 7) is 0. The van der Waals surface area contributed by atoms with E-state index in [9.17, 15) is 10.1 Å². The molecule has 3 rings (SSSR count). The van der Waals surface area contributed by atoms with Crippen molar-refractivity contribution >= 4 is 22.5 Å². The number of hydrogen-bond acceptors (Lipinski definition) is 4. The summed E-state index contributed by atoms with van der Waals surface area (Å²) in [5.74, 6) is 0.423. The van der Waals surface area contributed by atoms with Crippen LogP contribution in [0.1, 0.15) is 5.56 Å². The van der Waals surface area contributed by atoms with Crippen LogP contribution in [-0.4, -0.2) is 22.7 Å². The first-order valence-corrected chi connectivity index (χ1v) is 8.54. The van der Waals surface area contributed by atoms with Crippen LogP contribution in [-0.2, 0) is 11.8 Å². The first-order chi connectivity index (χ1) is 13.6. The predicted octanol–water partition coefficient (Wildman–Crippen LogP) is 4.29. The van der Waals surface area contributed by atoms with Crippen molar-refractivity contribution in [2.45, 2.75) is 0 Å². The third-order valence-electron chi connectivity index (χ3n) is 4.39. The van der Waals surface area contributed by atoms with Gasteiger partial charge >= 0.3 is 0 Å². The fraction of sp³-hybridized carbons (Fsp3) is 0.0909. The van der Waals surface area contributed by atoms with Gasteiger partial charge in [0.25, 0.3) is 0 Å². The molecule has 0 spiro atoms. The number of nitrogens with zero attached hydrogens (tertiary/aromatic N) is 2. The molecule has 0 radical (unpaired) electrons. The van der Waals surface area contributed by atoms with E-state index < -0.39 is 0 Å². The normalized spacial score (nSPS) is 11.2. The molecule has 0 unspecified atom stereocenters. The van der Waals surface area contributed by atoms with Gasteiger partial charge < -0.3 is 19.7 Å². The molecule has 0 fully saturated rings. The highest BCUT2D eigenvalue weighted by molar-refractivity contribution is 6.00. The Morgan fingerprint density at radius 2 is 1.96 bits per heavy atom. The second-order valence-electron chi connectivity index (χ2n) is 6.04. The topological polar surface area (TPSA) is 87.3 Å². The lowest BCUT2D eigenvalue weighted by Crippen LogP contribution is -2.07. The minimum Gasteiger partial charge on any atom is -0.516 e. The first kappa shape index (κ1) is 18.8. The number of ether oxygens (including phenoxy) is 1. The standard InChI is InChI=1S/C22H19N3O3/c1-25-20-13-17(28-2)10-11-18(20)19(14-23)22(25)15-6-8-16(9-7-15)24-21(27)5-3-4-12-26/h3-13,26H,1-2H3,(H,24,27)/b5-3+,12-4-. The van der Waals surface area contributed by atoms with Crippen LogP contribution in [0.5, 0.6) is 5.75 Å². The van der Waals surface area contributed by atoms with E-state index in [1.54, 1.807) is 19.2 Å². The van der Waals surface area contributed by atoms with Crippen molar-refractivity contribution < 1.29 is 14.6 Å². The second-order valence-corrected chi connectivity index (χ2v) is 6.04. The lowest BCUT2D eigenvalue weighted by Gasteiger charge is -2.08. The van der Waals surface area contributed by atoms with Gasteiger partial charge in [0.1, 0.15) is 11.8 Å². The molecule has 0 aliphatic rings. The summed E-state index contributed by atoms with van der Waals surface area (Å²) >= 11 is 0. The van der Waals surface area contributed by atoms with E-state index in [1.165, 1.54) is 18.2 Å². The molecule has 0 atom stereocenters. The zero-order valence-corrected chi connectivity index (χ0v) is 15.5. The van der Waals surface area contributed by atoms with Crippen LogP contribution in [0.2, 0.25) is 0 Å². The van der Waals surface area contributed by atoms with Crippen LogP contribution in [0.3, 0.4) is 0 Å². The lowest BCUT2D eigenvalue weighted by atomic mass is 10.1. The zero-order chi connectivity index (χ0) is 20.1. The van der Waals surface area contributed by atoms with Gasteiger partial charge in [0.05, 0.1) is 30.1 Å². The number of anilines is 1. The maximum Gasteiger partial charge on any atom is 0.248 e. The summed E-state index contributed by atoms with van der Waals surface area (Å²) in [5.41, 5.74) is 3.80. The van der Waals surface area contributed by atoms with Crippen molar-refractivity contribution in [1.82, 2.24) is 4.57 Å². The molecule has 140 valence electrons. The summed E-state index contributed by atoms with van der Waals surface area (Å²) in [7, 11) is 3.52. The van der Waals surface area contributed by atoms with Gasteiger partial charge in [0, 0.05) is 30.3 Å². The van der Waals surface area contributed by atoms with E-state index in [4.69, 9.17) is 9.84 Å². The Labute approximate surface area is 162 Å². The largest absolute Gasteiger partial charge is 0.516 e. The summed E-state index contributed by atoms with van der Waals surface area (Å²) < 4.78 is 7.26. The highest BCUT2D eigenvalue weighted by Gasteiger charge is 2.17. The summed E-state index contributed by atoms with van der Waals surface area (Å²) in [6.07, 6.45) is 4.95. The van der Waals surface area contributed by atoms with Crippen LogP contribution in [0, 0.1) is 11.3 Å². The molecule has 0 saturated carbocycles. The van der Waals surface area contributed by atoms with Crippen molar-refractivity contribution in [1.29, 1.82) is 5.26 Å². The van der Waals surface area contributed by atoms with Crippen LogP contribution < -0.4 is 10.1 Å². The van der Waals surface area contributed by atoms with Crippen molar-refractivity contribution in [3.63, 3.8) is 0 Å². The van der Waals surface area contributed by atoms with Crippen LogP contribution in [0.25, 0.3) is 22.2 Å². The fourth-order valence-electron chi connectivity index (χ4n) is 3.08. The number of methoxy groups -OCH3 is 1. The van der Waals surface area contributed by atoms with Gasteiger partial charge in [0.15, 0.2) is 0 Å². The van der Waals surface area contributed by atoms with Crippen LogP contribution in [0.15, 0.2) is 67.0 Å². The molecular formula is C22H19N3O3. The van der Waals surface area contributed by atoms with E-state index in [1.807, 2.05) is 41.9 Å². The average molecular weight is 373 g/mol. The molecule has 2 N–H and O–H groups in total. The molecule has 1 heterocycles. The van der Waals surface area contributed by atoms with Gasteiger partial charge in [-0.1, -0.05) is 18.2 Å². The van der Waals surface area contributed by atoms with E-state index in [-0.39, 0.29) is 5.91 Å². The van der Waals surface area contributed by atoms with Gasteiger partial charge in [-0.25, -0.2) is 0 Å². The van der Waals surface area contributed by atoms with E-state index >= 15 is 0 Å². The number of hydrogen-bond donors (Lipinski definition) is 2. The number of aromatic nitrogens is 1. The number of fused-ring (bicyclic) bond motifs is 1. The number of aliphatic hydroxyl groups is 1. The quantitative estimate of drug-likeness (QED) is 0.397. The molecule has 0 saturated heterocycles. The summed E-state index contributed by atoms with van der Waals surface area (Å²) in [6, 6.07) is 15.2. The number of aryl methyl sites for hydroxylation is 1. The number of aliphatic hydroxyl groups excluding tert-OH is 1. The maximum atomic E-state index is 11.8. The fourth-order valence-corrected chi connectivity index (χ4v) is 3.08. The average Bonchev–Trinajstić information content (AvgIpc) is 3.00. The number of nitriles is 1. The lowest BCUT2D eigenvalue weighted by molar-refractivity contribution is -0.111.